The molecule has 0 spiro atoms. The van der Waals surface area contributed by atoms with E-state index >= 15 is 0 Å². The first-order valence-corrected chi connectivity index (χ1v) is 5.52. The summed E-state index contributed by atoms with van der Waals surface area (Å²) in [5, 5.41) is 12.1. The molecule has 1 atom stereocenters. The van der Waals surface area contributed by atoms with Crippen LogP contribution in [-0.4, -0.2) is 17.8 Å². The van der Waals surface area contributed by atoms with Gasteiger partial charge >= 0.3 is 0 Å². The molecule has 1 unspecified atom stereocenters. The van der Waals surface area contributed by atoms with E-state index in [1.54, 1.807) is 0 Å². The van der Waals surface area contributed by atoms with Gasteiger partial charge in [-0.2, -0.15) is 0 Å². The highest BCUT2D eigenvalue weighted by Crippen LogP contribution is 2.18. The van der Waals surface area contributed by atoms with Gasteiger partial charge in [-0.05, 0) is 31.0 Å². The Balaban J connectivity index is 2.59. The van der Waals surface area contributed by atoms with Crippen molar-refractivity contribution < 1.29 is 5.11 Å². The van der Waals surface area contributed by atoms with E-state index < -0.39 is 0 Å². The molecule has 0 amide bonds. The fourth-order valence-corrected chi connectivity index (χ4v) is 1.78. The van der Waals surface area contributed by atoms with Gasteiger partial charge in [-0.3, -0.25) is 0 Å². The first kappa shape index (κ1) is 11.7. The van der Waals surface area contributed by atoms with Gasteiger partial charge in [0.15, 0.2) is 0 Å². The molecule has 1 aromatic carbocycles. The minimum Gasteiger partial charge on any atom is -0.395 e. The van der Waals surface area contributed by atoms with E-state index in [4.69, 9.17) is 5.11 Å². The highest BCUT2D eigenvalue weighted by atomic mass is 79.9. The zero-order valence-corrected chi connectivity index (χ0v) is 10.1. The van der Waals surface area contributed by atoms with Gasteiger partial charge in [0.2, 0.25) is 0 Å². The van der Waals surface area contributed by atoms with E-state index in [-0.39, 0.29) is 12.6 Å². The van der Waals surface area contributed by atoms with Crippen LogP contribution >= 0.6 is 15.9 Å². The average molecular weight is 258 g/mol. The Hall–Kier alpha value is -0.380. The smallest absolute Gasteiger partial charge is 0.0582 e. The third-order valence-electron chi connectivity index (χ3n) is 2.12. The molecule has 0 saturated carbocycles. The maximum absolute atomic E-state index is 8.85. The van der Waals surface area contributed by atoms with Gasteiger partial charge in [0, 0.05) is 17.1 Å². The molecular formula is C11H16BrNO. The molecule has 0 fully saturated rings. The van der Waals surface area contributed by atoms with Gasteiger partial charge in [0.05, 0.1) is 6.61 Å². The Bertz CT molecular complexity index is 301. The van der Waals surface area contributed by atoms with Crippen LogP contribution in [0.4, 0.5) is 0 Å². The van der Waals surface area contributed by atoms with Gasteiger partial charge in [-0.1, -0.05) is 28.1 Å². The number of nitrogens with one attached hydrogen (secondary N) is 1. The summed E-state index contributed by atoms with van der Waals surface area (Å²) in [7, 11) is 0. The SMILES string of the molecule is Cc1ccc(CNC(C)CO)c(Br)c1. The Labute approximate surface area is 93.5 Å². The van der Waals surface area contributed by atoms with E-state index in [0.29, 0.717) is 0 Å². The fraction of sp³-hybridized carbons (Fsp3) is 0.455. The molecule has 14 heavy (non-hydrogen) atoms. The summed E-state index contributed by atoms with van der Waals surface area (Å²) in [6.07, 6.45) is 0. The van der Waals surface area contributed by atoms with E-state index in [1.165, 1.54) is 11.1 Å². The minimum atomic E-state index is 0.142. The number of halogens is 1. The van der Waals surface area contributed by atoms with Crippen molar-refractivity contribution >= 4 is 15.9 Å². The summed E-state index contributed by atoms with van der Waals surface area (Å²) in [4.78, 5) is 0. The summed E-state index contributed by atoms with van der Waals surface area (Å²) in [5.74, 6) is 0. The second-order valence-corrected chi connectivity index (χ2v) is 4.41. The van der Waals surface area contributed by atoms with Crippen LogP contribution in [0.2, 0.25) is 0 Å². The molecule has 2 N–H and O–H groups in total. The highest BCUT2D eigenvalue weighted by molar-refractivity contribution is 9.10. The lowest BCUT2D eigenvalue weighted by Gasteiger charge is -2.11. The van der Waals surface area contributed by atoms with Crippen molar-refractivity contribution in [3.63, 3.8) is 0 Å². The lowest BCUT2D eigenvalue weighted by molar-refractivity contribution is 0.251. The molecule has 78 valence electrons. The number of hydrogen-bond donors (Lipinski definition) is 2. The fourth-order valence-electron chi connectivity index (χ4n) is 1.14. The molecule has 0 bridgehead atoms. The minimum absolute atomic E-state index is 0.142. The predicted octanol–water partition coefficient (Wildman–Crippen LogP) is 2.23. The number of aryl methyl sites for hydroxylation is 1. The summed E-state index contributed by atoms with van der Waals surface area (Å²) in [5.41, 5.74) is 2.46. The first-order chi connectivity index (χ1) is 6.63. The van der Waals surface area contributed by atoms with Gasteiger partial charge in [0.1, 0.15) is 0 Å². The Morgan fingerprint density at radius 3 is 2.79 bits per heavy atom. The molecule has 0 aliphatic rings. The van der Waals surface area contributed by atoms with Crippen molar-refractivity contribution in [3.05, 3.63) is 33.8 Å². The van der Waals surface area contributed by atoms with Crippen LogP contribution in [0.15, 0.2) is 22.7 Å². The number of hydrogen-bond acceptors (Lipinski definition) is 2. The van der Waals surface area contributed by atoms with Crippen molar-refractivity contribution in [2.45, 2.75) is 26.4 Å². The van der Waals surface area contributed by atoms with Crippen LogP contribution in [0.25, 0.3) is 0 Å². The monoisotopic (exact) mass is 257 g/mol. The van der Waals surface area contributed by atoms with Crippen molar-refractivity contribution in [3.8, 4) is 0 Å². The standard InChI is InChI=1S/C11H16BrNO/c1-8-3-4-10(11(12)5-8)6-13-9(2)7-14/h3-5,9,13-14H,6-7H2,1-2H3. The zero-order valence-electron chi connectivity index (χ0n) is 8.55. The molecule has 1 aromatic rings. The average Bonchev–Trinajstić information content (AvgIpc) is 2.16. The third-order valence-corrected chi connectivity index (χ3v) is 2.86. The summed E-state index contributed by atoms with van der Waals surface area (Å²) >= 11 is 3.52. The van der Waals surface area contributed by atoms with Crippen molar-refractivity contribution in [1.82, 2.24) is 5.32 Å². The van der Waals surface area contributed by atoms with Crippen molar-refractivity contribution in [2.75, 3.05) is 6.61 Å². The molecule has 2 nitrogen and oxygen atoms in total. The van der Waals surface area contributed by atoms with Gasteiger partial charge in [-0.25, -0.2) is 0 Å². The molecular weight excluding hydrogens is 242 g/mol. The van der Waals surface area contributed by atoms with Crippen molar-refractivity contribution in [1.29, 1.82) is 0 Å². The normalized spacial score (nSPS) is 12.9. The summed E-state index contributed by atoms with van der Waals surface area (Å²) in [6.45, 7) is 4.98. The number of aliphatic hydroxyl groups excluding tert-OH is 1. The Kier molecular flexibility index (Phi) is 4.58. The molecule has 0 radical (unpaired) electrons. The molecule has 0 saturated heterocycles. The maximum atomic E-state index is 8.85. The van der Waals surface area contributed by atoms with E-state index in [9.17, 15) is 0 Å². The number of rotatable bonds is 4. The summed E-state index contributed by atoms with van der Waals surface area (Å²) in [6, 6.07) is 6.42. The second kappa shape index (κ2) is 5.49. The number of benzene rings is 1. The largest absolute Gasteiger partial charge is 0.395 e. The van der Waals surface area contributed by atoms with E-state index in [2.05, 4.69) is 46.4 Å². The first-order valence-electron chi connectivity index (χ1n) is 4.72. The lowest BCUT2D eigenvalue weighted by Crippen LogP contribution is -2.28. The van der Waals surface area contributed by atoms with Gasteiger partial charge in [0.25, 0.3) is 0 Å². The second-order valence-electron chi connectivity index (χ2n) is 3.56. The van der Waals surface area contributed by atoms with Crippen molar-refractivity contribution in [2.24, 2.45) is 0 Å². The Morgan fingerprint density at radius 2 is 2.21 bits per heavy atom. The van der Waals surface area contributed by atoms with Crippen LogP contribution < -0.4 is 5.32 Å². The van der Waals surface area contributed by atoms with Crippen LogP contribution in [0, 0.1) is 6.92 Å². The van der Waals surface area contributed by atoms with Gasteiger partial charge < -0.3 is 10.4 Å². The molecule has 0 heterocycles. The van der Waals surface area contributed by atoms with E-state index in [0.717, 1.165) is 11.0 Å². The third kappa shape index (κ3) is 3.40. The summed E-state index contributed by atoms with van der Waals surface area (Å²) < 4.78 is 1.12. The highest BCUT2D eigenvalue weighted by Gasteiger charge is 2.02. The van der Waals surface area contributed by atoms with E-state index in [1.807, 2.05) is 6.92 Å². The predicted molar refractivity (Wildman–Crippen MR) is 62.3 cm³/mol. The quantitative estimate of drug-likeness (QED) is 0.868. The van der Waals surface area contributed by atoms with Crippen LogP contribution in [0.5, 0.6) is 0 Å². The van der Waals surface area contributed by atoms with Crippen LogP contribution in [-0.2, 0) is 6.54 Å². The molecule has 0 aliphatic heterocycles. The zero-order chi connectivity index (χ0) is 10.6. The molecule has 1 rings (SSSR count). The molecule has 3 heteroatoms. The lowest BCUT2D eigenvalue weighted by atomic mass is 10.1. The topological polar surface area (TPSA) is 32.3 Å². The Morgan fingerprint density at radius 1 is 1.50 bits per heavy atom. The molecule has 0 aliphatic carbocycles. The van der Waals surface area contributed by atoms with Crippen LogP contribution in [0.1, 0.15) is 18.1 Å². The maximum Gasteiger partial charge on any atom is 0.0582 e. The van der Waals surface area contributed by atoms with Crippen LogP contribution in [0.3, 0.4) is 0 Å². The van der Waals surface area contributed by atoms with Gasteiger partial charge in [-0.15, -0.1) is 0 Å². The number of aliphatic hydroxyl groups is 1. The molecule has 0 aromatic heterocycles.